The number of esters is 2. The second kappa shape index (κ2) is 9.26. The van der Waals surface area contributed by atoms with Crippen LogP contribution < -0.4 is 5.32 Å². The summed E-state index contributed by atoms with van der Waals surface area (Å²) in [7, 11) is 0. The molecule has 0 spiro atoms. The molecular formula is C21H32N2O5. The van der Waals surface area contributed by atoms with E-state index in [4.69, 9.17) is 9.47 Å². The molecule has 1 heterocycles. The molecule has 2 rings (SSSR count). The molecule has 1 aromatic heterocycles. The van der Waals surface area contributed by atoms with Crippen LogP contribution in [0.2, 0.25) is 0 Å². The number of nitrogens with one attached hydrogen (secondary N) is 2. The molecule has 4 atom stereocenters. The van der Waals surface area contributed by atoms with Crippen molar-refractivity contribution in [1.29, 1.82) is 0 Å². The Morgan fingerprint density at radius 1 is 1.18 bits per heavy atom. The molecule has 28 heavy (non-hydrogen) atoms. The van der Waals surface area contributed by atoms with E-state index in [0.29, 0.717) is 23.1 Å². The van der Waals surface area contributed by atoms with Crippen molar-refractivity contribution in [2.75, 3.05) is 6.61 Å². The molecule has 7 nitrogen and oxygen atoms in total. The number of hydrogen-bond donors (Lipinski definition) is 2. The zero-order valence-electron chi connectivity index (χ0n) is 17.7. The van der Waals surface area contributed by atoms with Crippen LogP contribution in [0, 0.1) is 25.7 Å². The van der Waals surface area contributed by atoms with Crippen molar-refractivity contribution in [2.45, 2.75) is 73.0 Å². The monoisotopic (exact) mass is 392 g/mol. The van der Waals surface area contributed by atoms with E-state index in [1.807, 2.05) is 0 Å². The number of aromatic nitrogens is 1. The summed E-state index contributed by atoms with van der Waals surface area (Å²) in [6.07, 6.45) is 2.28. The van der Waals surface area contributed by atoms with Crippen molar-refractivity contribution >= 4 is 17.8 Å². The van der Waals surface area contributed by atoms with Crippen molar-refractivity contribution in [1.82, 2.24) is 10.3 Å². The van der Waals surface area contributed by atoms with E-state index in [9.17, 15) is 14.4 Å². The Hall–Kier alpha value is -2.31. The average molecular weight is 392 g/mol. The van der Waals surface area contributed by atoms with Crippen LogP contribution in [0.25, 0.3) is 0 Å². The molecule has 0 radical (unpaired) electrons. The first-order valence-electron chi connectivity index (χ1n) is 10.0. The third-order valence-electron chi connectivity index (χ3n) is 5.81. The molecule has 156 valence electrons. The Labute approximate surface area is 166 Å². The first-order valence-corrected chi connectivity index (χ1v) is 10.0. The van der Waals surface area contributed by atoms with Crippen molar-refractivity contribution in [2.24, 2.45) is 11.8 Å². The fraction of sp³-hybridized carbons (Fsp3) is 0.667. The smallest absolute Gasteiger partial charge is 0.355 e. The summed E-state index contributed by atoms with van der Waals surface area (Å²) in [5.74, 6) is -0.496. The highest BCUT2D eigenvalue weighted by Crippen LogP contribution is 2.29. The summed E-state index contributed by atoms with van der Waals surface area (Å²) < 4.78 is 10.4. The molecule has 2 N–H and O–H groups in total. The van der Waals surface area contributed by atoms with Gasteiger partial charge in [-0.3, -0.25) is 4.79 Å². The van der Waals surface area contributed by atoms with Gasteiger partial charge in [0.05, 0.1) is 12.2 Å². The first-order chi connectivity index (χ1) is 13.2. The van der Waals surface area contributed by atoms with E-state index in [1.165, 1.54) is 6.42 Å². The number of carbonyl (C=O) groups excluding carboxylic acids is 3. The lowest BCUT2D eigenvalue weighted by Crippen LogP contribution is -2.47. The molecule has 0 unspecified atom stereocenters. The van der Waals surface area contributed by atoms with Crippen LogP contribution in [0.5, 0.6) is 0 Å². The third-order valence-corrected chi connectivity index (χ3v) is 5.81. The number of rotatable bonds is 6. The van der Waals surface area contributed by atoms with E-state index in [-0.39, 0.29) is 29.8 Å². The first kappa shape index (κ1) is 22.0. The van der Waals surface area contributed by atoms with Gasteiger partial charge in [-0.05, 0) is 51.5 Å². The van der Waals surface area contributed by atoms with E-state index < -0.39 is 18.0 Å². The summed E-state index contributed by atoms with van der Waals surface area (Å²) >= 11 is 0. The maximum Gasteiger partial charge on any atom is 0.355 e. The lowest BCUT2D eigenvalue weighted by Gasteiger charge is -2.35. The number of aromatic amines is 1. The van der Waals surface area contributed by atoms with Gasteiger partial charge in [0.25, 0.3) is 5.91 Å². The lowest BCUT2D eigenvalue weighted by atomic mass is 9.78. The van der Waals surface area contributed by atoms with E-state index >= 15 is 0 Å². The number of carbonyl (C=O) groups is 3. The molecule has 1 saturated carbocycles. The van der Waals surface area contributed by atoms with Gasteiger partial charge in [0.1, 0.15) is 5.69 Å². The van der Waals surface area contributed by atoms with Crippen LogP contribution >= 0.6 is 0 Å². The molecule has 1 amide bonds. The molecule has 1 aliphatic rings. The number of aryl methyl sites for hydroxylation is 1. The van der Waals surface area contributed by atoms with Gasteiger partial charge in [-0.1, -0.05) is 26.7 Å². The number of hydrogen-bond acceptors (Lipinski definition) is 5. The molecule has 1 fully saturated rings. The minimum absolute atomic E-state index is 0.101. The van der Waals surface area contributed by atoms with Crippen LogP contribution in [0.15, 0.2) is 0 Å². The van der Waals surface area contributed by atoms with Gasteiger partial charge in [0.15, 0.2) is 6.10 Å². The highest BCUT2D eigenvalue weighted by molar-refractivity contribution is 5.99. The van der Waals surface area contributed by atoms with Crippen LogP contribution in [0.3, 0.4) is 0 Å². The van der Waals surface area contributed by atoms with Gasteiger partial charge in [-0.25, -0.2) is 9.59 Å². The predicted molar refractivity (Wildman–Crippen MR) is 105 cm³/mol. The minimum Gasteiger partial charge on any atom is -0.461 e. The van der Waals surface area contributed by atoms with Crippen LogP contribution in [-0.2, 0) is 14.3 Å². The molecule has 0 saturated heterocycles. The van der Waals surface area contributed by atoms with Crippen molar-refractivity contribution in [3.8, 4) is 0 Å². The van der Waals surface area contributed by atoms with Crippen molar-refractivity contribution < 1.29 is 23.9 Å². The van der Waals surface area contributed by atoms with E-state index in [2.05, 4.69) is 24.1 Å². The molecule has 7 heteroatoms. The summed E-state index contributed by atoms with van der Waals surface area (Å²) in [6.45, 7) is 11.2. The zero-order chi connectivity index (χ0) is 21.0. The Morgan fingerprint density at radius 3 is 2.50 bits per heavy atom. The van der Waals surface area contributed by atoms with Gasteiger partial charge < -0.3 is 19.8 Å². The Bertz CT molecular complexity index is 739. The molecule has 0 aromatic carbocycles. The molecule has 1 aliphatic carbocycles. The third kappa shape index (κ3) is 4.75. The molecular weight excluding hydrogens is 360 g/mol. The maximum atomic E-state index is 12.6. The lowest BCUT2D eigenvalue weighted by molar-refractivity contribution is -0.130. The highest BCUT2D eigenvalue weighted by Gasteiger charge is 2.31. The fourth-order valence-corrected chi connectivity index (χ4v) is 3.82. The van der Waals surface area contributed by atoms with E-state index in [0.717, 1.165) is 12.8 Å². The van der Waals surface area contributed by atoms with E-state index in [1.54, 1.807) is 27.7 Å². The Balaban J connectivity index is 2.04. The van der Waals surface area contributed by atoms with Crippen LogP contribution in [0.4, 0.5) is 0 Å². The quantitative estimate of drug-likeness (QED) is 0.724. The summed E-state index contributed by atoms with van der Waals surface area (Å²) in [4.78, 5) is 40.0. The van der Waals surface area contributed by atoms with Gasteiger partial charge >= 0.3 is 11.9 Å². The number of H-pyrrole nitrogens is 1. The van der Waals surface area contributed by atoms with Gasteiger partial charge in [-0.15, -0.1) is 0 Å². The van der Waals surface area contributed by atoms with Crippen molar-refractivity contribution in [3.63, 3.8) is 0 Å². The normalized spacial score (nSPS) is 23.0. The maximum absolute atomic E-state index is 12.6. The standard InChI is InChI=1S/C21H32N2O5/c1-7-27-21(26)18-13(4)17(14(5)22-18)20(25)28-15(6)19(24)23-16-10-8-9-11(2)12(16)3/h11-12,15-16,22H,7-10H2,1-6H3,(H,23,24)/t11-,12+,15+,16-/m1/s1. The number of amides is 1. The Kier molecular flexibility index (Phi) is 7.27. The van der Waals surface area contributed by atoms with Gasteiger partial charge in [0.2, 0.25) is 0 Å². The van der Waals surface area contributed by atoms with Gasteiger partial charge in [0, 0.05) is 11.7 Å². The fourth-order valence-electron chi connectivity index (χ4n) is 3.82. The van der Waals surface area contributed by atoms with Crippen LogP contribution in [-0.4, -0.2) is 41.6 Å². The summed E-state index contributed by atoms with van der Waals surface area (Å²) in [5, 5.41) is 3.03. The summed E-state index contributed by atoms with van der Waals surface area (Å²) in [6, 6.07) is 0.101. The molecule has 0 aliphatic heterocycles. The molecule has 0 bridgehead atoms. The average Bonchev–Trinajstić information content (AvgIpc) is 2.93. The van der Waals surface area contributed by atoms with Crippen molar-refractivity contribution in [3.05, 3.63) is 22.5 Å². The Morgan fingerprint density at radius 2 is 1.86 bits per heavy atom. The predicted octanol–water partition coefficient (Wildman–Crippen LogP) is 3.29. The topological polar surface area (TPSA) is 97.5 Å². The zero-order valence-corrected chi connectivity index (χ0v) is 17.7. The number of ether oxygens (including phenoxy) is 2. The second-order valence-corrected chi connectivity index (χ2v) is 7.78. The minimum atomic E-state index is -0.920. The second-order valence-electron chi connectivity index (χ2n) is 7.78. The highest BCUT2D eigenvalue weighted by atomic mass is 16.5. The molecule has 1 aromatic rings. The van der Waals surface area contributed by atoms with Crippen LogP contribution in [0.1, 0.15) is 79.1 Å². The SMILES string of the molecule is CCOC(=O)c1[nH]c(C)c(C(=O)O[C@@H](C)C(=O)N[C@@H]2CCC[C@@H](C)[C@@H]2C)c1C. The largest absolute Gasteiger partial charge is 0.461 e. The summed E-state index contributed by atoms with van der Waals surface area (Å²) in [5.41, 5.74) is 1.46. The van der Waals surface area contributed by atoms with Gasteiger partial charge in [-0.2, -0.15) is 0 Å².